The largest absolute Gasteiger partial charge is 0.321 e. The maximum absolute atomic E-state index is 12.7. The molecule has 1 aromatic heterocycles. The maximum Gasteiger partial charge on any atom is 0.257 e. The number of hydrogen-bond acceptors (Lipinski definition) is 4. The number of anilines is 1. The molecule has 0 saturated heterocycles. The van der Waals surface area contributed by atoms with E-state index in [1.807, 2.05) is 6.07 Å². The van der Waals surface area contributed by atoms with Crippen LogP contribution in [0.15, 0.2) is 65.7 Å². The second-order valence-electron chi connectivity index (χ2n) is 5.77. The second kappa shape index (κ2) is 7.68. The van der Waals surface area contributed by atoms with Gasteiger partial charge in [0.1, 0.15) is 0 Å². The quantitative estimate of drug-likeness (QED) is 0.662. The molecule has 2 aromatic carbocycles. The zero-order valence-corrected chi connectivity index (χ0v) is 16.4. The Morgan fingerprint density at radius 3 is 2.44 bits per heavy atom. The van der Waals surface area contributed by atoms with Gasteiger partial charge in [-0.25, -0.2) is 8.42 Å². The van der Waals surface area contributed by atoms with Crippen LogP contribution in [0.4, 0.5) is 5.69 Å². The van der Waals surface area contributed by atoms with Gasteiger partial charge in [-0.05, 0) is 48.5 Å². The molecule has 27 heavy (non-hydrogen) atoms. The van der Waals surface area contributed by atoms with Gasteiger partial charge in [-0.15, -0.1) is 0 Å². The SMILES string of the molecule is CS(=O)(=O)c1ccc(C(=O)Nc2ccc(Cl)cc2-c2ccccn2)c(Cl)c1. The van der Waals surface area contributed by atoms with E-state index in [0.717, 1.165) is 6.26 Å². The van der Waals surface area contributed by atoms with E-state index in [1.54, 1.807) is 36.5 Å². The van der Waals surface area contributed by atoms with E-state index in [4.69, 9.17) is 23.2 Å². The van der Waals surface area contributed by atoms with Gasteiger partial charge in [0.2, 0.25) is 0 Å². The lowest BCUT2D eigenvalue weighted by atomic mass is 10.1. The average Bonchev–Trinajstić information content (AvgIpc) is 2.63. The van der Waals surface area contributed by atoms with Crippen molar-refractivity contribution in [2.75, 3.05) is 11.6 Å². The minimum absolute atomic E-state index is 0.0452. The average molecular weight is 421 g/mol. The van der Waals surface area contributed by atoms with E-state index in [2.05, 4.69) is 10.3 Å². The third kappa shape index (κ3) is 4.47. The fourth-order valence-electron chi connectivity index (χ4n) is 2.46. The Hall–Kier alpha value is -2.41. The van der Waals surface area contributed by atoms with Crippen LogP contribution >= 0.6 is 23.2 Å². The standard InChI is InChI=1S/C19H14Cl2N2O3S/c1-27(25,26)13-6-7-14(16(21)11-13)19(24)23-18-8-5-12(20)10-15(18)17-4-2-3-9-22-17/h2-11H,1H3,(H,23,24). The van der Waals surface area contributed by atoms with Gasteiger partial charge in [-0.2, -0.15) is 0 Å². The predicted molar refractivity (Wildman–Crippen MR) is 107 cm³/mol. The highest BCUT2D eigenvalue weighted by Crippen LogP contribution is 2.30. The Kier molecular flexibility index (Phi) is 5.51. The monoisotopic (exact) mass is 420 g/mol. The van der Waals surface area contributed by atoms with Crippen LogP contribution < -0.4 is 5.32 Å². The Morgan fingerprint density at radius 2 is 1.81 bits per heavy atom. The van der Waals surface area contributed by atoms with Gasteiger partial charge in [0, 0.05) is 23.0 Å². The molecule has 138 valence electrons. The number of rotatable bonds is 4. The normalized spacial score (nSPS) is 11.2. The van der Waals surface area contributed by atoms with E-state index in [0.29, 0.717) is 22.0 Å². The lowest BCUT2D eigenvalue weighted by Crippen LogP contribution is -2.14. The van der Waals surface area contributed by atoms with Crippen LogP contribution in [0.5, 0.6) is 0 Å². The first-order valence-electron chi connectivity index (χ1n) is 7.77. The zero-order chi connectivity index (χ0) is 19.6. The molecule has 0 bridgehead atoms. The summed E-state index contributed by atoms with van der Waals surface area (Å²) >= 11 is 12.2. The summed E-state index contributed by atoms with van der Waals surface area (Å²) in [7, 11) is -3.41. The first-order chi connectivity index (χ1) is 12.8. The molecule has 0 aliphatic carbocycles. The van der Waals surface area contributed by atoms with E-state index in [1.165, 1.54) is 18.2 Å². The van der Waals surface area contributed by atoms with Crippen LogP contribution in [-0.4, -0.2) is 25.6 Å². The van der Waals surface area contributed by atoms with Crippen molar-refractivity contribution in [1.82, 2.24) is 4.98 Å². The molecule has 1 amide bonds. The molecule has 0 fully saturated rings. The summed E-state index contributed by atoms with van der Waals surface area (Å²) in [4.78, 5) is 17.0. The first kappa shape index (κ1) is 19.4. The number of nitrogens with one attached hydrogen (secondary N) is 1. The minimum Gasteiger partial charge on any atom is -0.321 e. The zero-order valence-electron chi connectivity index (χ0n) is 14.1. The lowest BCUT2D eigenvalue weighted by Gasteiger charge is -2.12. The fourth-order valence-corrected chi connectivity index (χ4v) is 3.61. The summed E-state index contributed by atoms with van der Waals surface area (Å²) in [6.45, 7) is 0. The van der Waals surface area contributed by atoms with E-state index in [-0.39, 0.29) is 15.5 Å². The van der Waals surface area contributed by atoms with Crippen molar-refractivity contribution in [3.8, 4) is 11.3 Å². The van der Waals surface area contributed by atoms with Crippen molar-refractivity contribution < 1.29 is 13.2 Å². The molecule has 8 heteroatoms. The second-order valence-corrected chi connectivity index (χ2v) is 8.63. The van der Waals surface area contributed by atoms with Crippen LogP contribution in [0.2, 0.25) is 10.0 Å². The highest BCUT2D eigenvalue weighted by Gasteiger charge is 2.17. The van der Waals surface area contributed by atoms with Crippen LogP contribution in [0.25, 0.3) is 11.3 Å². The fraction of sp³-hybridized carbons (Fsp3) is 0.0526. The number of aromatic nitrogens is 1. The summed E-state index contributed by atoms with van der Waals surface area (Å²) in [5.41, 5.74) is 1.96. The van der Waals surface area contributed by atoms with Crippen LogP contribution in [0.1, 0.15) is 10.4 Å². The van der Waals surface area contributed by atoms with Gasteiger partial charge < -0.3 is 5.32 Å². The third-order valence-corrected chi connectivity index (χ3v) is 5.44. The minimum atomic E-state index is -3.41. The summed E-state index contributed by atoms with van der Waals surface area (Å²) < 4.78 is 23.2. The summed E-state index contributed by atoms with van der Waals surface area (Å²) in [5, 5.41) is 3.33. The number of halogens is 2. The van der Waals surface area contributed by atoms with Crippen molar-refractivity contribution in [2.45, 2.75) is 4.90 Å². The van der Waals surface area contributed by atoms with Crippen LogP contribution in [0, 0.1) is 0 Å². The van der Waals surface area contributed by atoms with E-state index < -0.39 is 15.7 Å². The molecule has 1 N–H and O–H groups in total. The van der Waals surface area contributed by atoms with E-state index in [9.17, 15) is 13.2 Å². The van der Waals surface area contributed by atoms with Crippen molar-refractivity contribution in [3.63, 3.8) is 0 Å². The molecule has 0 saturated carbocycles. The number of carbonyl (C=O) groups excluding carboxylic acids is 1. The predicted octanol–water partition coefficient (Wildman–Crippen LogP) is 4.71. The maximum atomic E-state index is 12.7. The molecular weight excluding hydrogens is 407 g/mol. The Morgan fingerprint density at radius 1 is 1.04 bits per heavy atom. The first-order valence-corrected chi connectivity index (χ1v) is 10.4. The van der Waals surface area contributed by atoms with Gasteiger partial charge >= 0.3 is 0 Å². The van der Waals surface area contributed by atoms with Crippen molar-refractivity contribution >= 4 is 44.6 Å². The molecule has 3 aromatic rings. The highest BCUT2D eigenvalue weighted by molar-refractivity contribution is 7.90. The number of pyridine rings is 1. The van der Waals surface area contributed by atoms with Crippen LogP contribution in [0.3, 0.4) is 0 Å². The number of benzene rings is 2. The number of hydrogen-bond donors (Lipinski definition) is 1. The molecule has 0 aliphatic rings. The summed E-state index contributed by atoms with van der Waals surface area (Å²) in [6.07, 6.45) is 2.72. The van der Waals surface area contributed by atoms with Gasteiger partial charge in [-0.1, -0.05) is 29.3 Å². The Balaban J connectivity index is 1.96. The molecule has 0 unspecified atom stereocenters. The van der Waals surface area contributed by atoms with Gasteiger partial charge in [0.25, 0.3) is 5.91 Å². The highest BCUT2D eigenvalue weighted by atomic mass is 35.5. The smallest absolute Gasteiger partial charge is 0.257 e. The molecule has 1 heterocycles. The molecular formula is C19H14Cl2N2O3S. The van der Waals surface area contributed by atoms with Gasteiger partial charge in [-0.3, -0.25) is 9.78 Å². The topological polar surface area (TPSA) is 76.1 Å². The van der Waals surface area contributed by atoms with E-state index >= 15 is 0 Å². The van der Waals surface area contributed by atoms with Crippen LogP contribution in [-0.2, 0) is 9.84 Å². The molecule has 0 atom stereocenters. The molecule has 0 spiro atoms. The van der Waals surface area contributed by atoms with Crippen molar-refractivity contribution in [2.24, 2.45) is 0 Å². The number of sulfone groups is 1. The summed E-state index contributed by atoms with van der Waals surface area (Å²) in [5.74, 6) is -0.473. The van der Waals surface area contributed by atoms with Crippen molar-refractivity contribution in [3.05, 3.63) is 76.4 Å². The molecule has 0 aliphatic heterocycles. The molecule has 3 rings (SSSR count). The summed E-state index contributed by atoms with van der Waals surface area (Å²) in [6, 6.07) is 14.4. The Labute approximate surface area is 166 Å². The third-order valence-electron chi connectivity index (χ3n) is 3.78. The molecule has 0 radical (unpaired) electrons. The van der Waals surface area contributed by atoms with Gasteiger partial charge in [0.15, 0.2) is 9.84 Å². The number of amides is 1. The van der Waals surface area contributed by atoms with Crippen molar-refractivity contribution in [1.29, 1.82) is 0 Å². The van der Waals surface area contributed by atoms with Gasteiger partial charge in [0.05, 0.1) is 26.9 Å². The Bertz CT molecular complexity index is 1120. The molecule has 5 nitrogen and oxygen atoms in total. The lowest BCUT2D eigenvalue weighted by molar-refractivity contribution is 0.102. The number of nitrogens with zero attached hydrogens (tertiary/aromatic N) is 1. The number of carbonyl (C=O) groups is 1.